The van der Waals surface area contributed by atoms with Gasteiger partial charge in [-0.2, -0.15) is 13.2 Å². The maximum Gasteiger partial charge on any atom is 0.416 e. The van der Waals surface area contributed by atoms with Crippen molar-refractivity contribution in [2.24, 2.45) is 0 Å². The molecule has 0 fully saturated rings. The second kappa shape index (κ2) is 10.3. The van der Waals surface area contributed by atoms with Gasteiger partial charge in [-0.15, -0.1) is 10.2 Å². The Morgan fingerprint density at radius 1 is 0.971 bits per heavy atom. The van der Waals surface area contributed by atoms with Crippen molar-refractivity contribution < 1.29 is 22.4 Å². The van der Waals surface area contributed by atoms with E-state index >= 15 is 0 Å². The van der Waals surface area contributed by atoms with Crippen LogP contribution in [0, 0.1) is 12.7 Å². The summed E-state index contributed by atoms with van der Waals surface area (Å²) in [7, 11) is 0. The first kappa shape index (κ1) is 24.5. The monoisotopic (exact) mass is 500 g/mol. The number of thioether (sulfide) groups is 1. The van der Waals surface area contributed by atoms with Crippen LogP contribution in [0.25, 0.3) is 5.69 Å². The Morgan fingerprint density at radius 3 is 2.37 bits per heavy atom. The Hall–Kier alpha value is -3.66. The summed E-state index contributed by atoms with van der Waals surface area (Å²) in [6, 6.07) is 17.8. The molecule has 4 rings (SSSR count). The average Bonchev–Trinajstić information content (AvgIpc) is 3.22. The van der Waals surface area contributed by atoms with Gasteiger partial charge in [0.05, 0.1) is 5.56 Å². The summed E-state index contributed by atoms with van der Waals surface area (Å²) >= 11 is 1.45. The molecule has 1 aromatic heterocycles. The van der Waals surface area contributed by atoms with Crippen LogP contribution in [0.3, 0.4) is 0 Å². The number of benzene rings is 3. The van der Waals surface area contributed by atoms with Crippen LogP contribution >= 0.6 is 11.8 Å². The van der Waals surface area contributed by atoms with Crippen molar-refractivity contribution in [2.45, 2.75) is 30.6 Å². The number of carbonyl (C=O) groups excluding carboxylic acids is 1. The van der Waals surface area contributed by atoms with Crippen LogP contribution in [0.2, 0.25) is 0 Å². The fourth-order valence-electron chi connectivity index (χ4n) is 3.37. The largest absolute Gasteiger partial charge is 0.416 e. The standard InChI is InChI=1S/C25H20F4N4OS/c1-16-31-32-24(33(16)22-11-9-21(26)10-12-22)35-15-17-5-7-19(8-6-17)23(34)30-14-18-3-2-4-20(13-18)25(27,28)29/h2-13H,14-15H2,1H3,(H,30,34). The molecule has 0 aliphatic carbocycles. The molecule has 0 saturated carbocycles. The third kappa shape index (κ3) is 6.07. The minimum atomic E-state index is -4.43. The van der Waals surface area contributed by atoms with Crippen molar-refractivity contribution in [1.29, 1.82) is 0 Å². The summed E-state index contributed by atoms with van der Waals surface area (Å²) in [5, 5.41) is 11.6. The van der Waals surface area contributed by atoms with Gasteiger partial charge in [0.15, 0.2) is 5.16 Å². The zero-order chi connectivity index (χ0) is 25.0. The zero-order valence-corrected chi connectivity index (χ0v) is 19.3. The van der Waals surface area contributed by atoms with E-state index in [-0.39, 0.29) is 18.3 Å². The van der Waals surface area contributed by atoms with Gasteiger partial charge in [-0.1, -0.05) is 36.0 Å². The van der Waals surface area contributed by atoms with Gasteiger partial charge < -0.3 is 5.32 Å². The number of aromatic nitrogens is 3. The Morgan fingerprint density at radius 2 is 1.69 bits per heavy atom. The SMILES string of the molecule is Cc1nnc(SCc2ccc(C(=O)NCc3cccc(C(F)(F)F)c3)cc2)n1-c1ccc(F)cc1. The third-order valence-corrected chi connectivity index (χ3v) is 6.17. The van der Waals surface area contributed by atoms with Crippen molar-refractivity contribution in [1.82, 2.24) is 20.1 Å². The Labute approximate surface area is 203 Å². The van der Waals surface area contributed by atoms with Gasteiger partial charge in [0.1, 0.15) is 11.6 Å². The first-order valence-corrected chi connectivity index (χ1v) is 11.5. The lowest BCUT2D eigenvalue weighted by molar-refractivity contribution is -0.137. The predicted octanol–water partition coefficient (Wildman–Crippen LogP) is 5.96. The van der Waals surface area contributed by atoms with E-state index in [4.69, 9.17) is 0 Å². The van der Waals surface area contributed by atoms with E-state index in [1.54, 1.807) is 36.4 Å². The lowest BCUT2D eigenvalue weighted by Gasteiger charge is -2.10. The van der Waals surface area contributed by atoms with Gasteiger partial charge in [0.2, 0.25) is 0 Å². The van der Waals surface area contributed by atoms with Crippen molar-refractivity contribution in [3.8, 4) is 5.69 Å². The number of amides is 1. The highest BCUT2D eigenvalue weighted by Crippen LogP contribution is 2.29. The van der Waals surface area contributed by atoms with E-state index in [0.717, 1.165) is 23.4 Å². The maximum atomic E-state index is 13.3. The molecule has 3 aromatic carbocycles. The van der Waals surface area contributed by atoms with E-state index in [1.807, 2.05) is 11.5 Å². The highest BCUT2D eigenvalue weighted by Gasteiger charge is 2.30. The van der Waals surface area contributed by atoms with E-state index in [2.05, 4.69) is 15.5 Å². The van der Waals surface area contributed by atoms with Crippen LogP contribution in [0.15, 0.2) is 78.0 Å². The minimum absolute atomic E-state index is 0.0151. The summed E-state index contributed by atoms with van der Waals surface area (Å²) in [6.07, 6.45) is -4.43. The molecule has 0 atom stereocenters. The van der Waals surface area contributed by atoms with E-state index in [0.29, 0.717) is 27.9 Å². The molecule has 0 bridgehead atoms. The number of carbonyl (C=O) groups is 1. The van der Waals surface area contributed by atoms with Crippen LogP contribution < -0.4 is 5.32 Å². The molecule has 0 aliphatic rings. The number of alkyl halides is 3. The maximum absolute atomic E-state index is 13.3. The van der Waals surface area contributed by atoms with Crippen molar-refractivity contribution in [3.63, 3.8) is 0 Å². The number of rotatable bonds is 7. The molecule has 1 heterocycles. The molecule has 0 radical (unpaired) electrons. The molecule has 1 N–H and O–H groups in total. The van der Waals surface area contributed by atoms with Crippen molar-refractivity contribution in [3.05, 3.63) is 107 Å². The highest BCUT2D eigenvalue weighted by molar-refractivity contribution is 7.98. The lowest BCUT2D eigenvalue weighted by atomic mass is 10.1. The summed E-state index contributed by atoms with van der Waals surface area (Å²) in [5.74, 6) is 0.527. The third-order valence-electron chi connectivity index (χ3n) is 5.17. The summed E-state index contributed by atoms with van der Waals surface area (Å²) in [6.45, 7) is 1.80. The van der Waals surface area contributed by atoms with Crippen LogP contribution in [0.5, 0.6) is 0 Å². The van der Waals surface area contributed by atoms with Gasteiger partial charge in [-0.05, 0) is 66.6 Å². The molecule has 0 aliphatic heterocycles. The topological polar surface area (TPSA) is 59.8 Å². The second-order valence-electron chi connectivity index (χ2n) is 7.71. The Bertz CT molecular complexity index is 1320. The number of halogens is 4. The fraction of sp³-hybridized carbons (Fsp3) is 0.160. The molecule has 180 valence electrons. The van der Waals surface area contributed by atoms with E-state index in [9.17, 15) is 22.4 Å². The van der Waals surface area contributed by atoms with Crippen LogP contribution in [-0.2, 0) is 18.5 Å². The van der Waals surface area contributed by atoms with E-state index in [1.165, 1.54) is 36.0 Å². The second-order valence-corrected chi connectivity index (χ2v) is 8.65. The molecule has 5 nitrogen and oxygen atoms in total. The predicted molar refractivity (Wildman–Crippen MR) is 125 cm³/mol. The first-order valence-electron chi connectivity index (χ1n) is 10.5. The zero-order valence-electron chi connectivity index (χ0n) is 18.5. The quantitative estimate of drug-likeness (QED) is 0.251. The van der Waals surface area contributed by atoms with Crippen molar-refractivity contribution in [2.75, 3.05) is 0 Å². The number of hydrogen-bond acceptors (Lipinski definition) is 4. The number of nitrogens with zero attached hydrogens (tertiary/aromatic N) is 3. The summed E-state index contributed by atoms with van der Waals surface area (Å²) in [4.78, 5) is 12.4. The smallest absolute Gasteiger partial charge is 0.348 e. The first-order chi connectivity index (χ1) is 16.7. The van der Waals surface area contributed by atoms with Gasteiger partial charge in [0.25, 0.3) is 5.91 Å². The molecule has 0 spiro atoms. The molecule has 1 amide bonds. The molecular weight excluding hydrogens is 480 g/mol. The summed E-state index contributed by atoms with van der Waals surface area (Å²) < 4.78 is 53.7. The highest BCUT2D eigenvalue weighted by atomic mass is 32.2. The van der Waals surface area contributed by atoms with Crippen LogP contribution in [-0.4, -0.2) is 20.7 Å². The molecular formula is C25H20F4N4OS. The lowest BCUT2D eigenvalue weighted by Crippen LogP contribution is -2.23. The normalized spacial score (nSPS) is 11.5. The van der Waals surface area contributed by atoms with Gasteiger partial charge >= 0.3 is 6.18 Å². The molecule has 0 unspecified atom stereocenters. The minimum Gasteiger partial charge on any atom is -0.348 e. The van der Waals surface area contributed by atoms with Gasteiger partial charge in [-0.25, -0.2) is 4.39 Å². The number of aryl methyl sites for hydroxylation is 1. The number of hydrogen-bond donors (Lipinski definition) is 1. The van der Waals surface area contributed by atoms with Crippen LogP contribution in [0.4, 0.5) is 17.6 Å². The average molecular weight is 501 g/mol. The van der Waals surface area contributed by atoms with E-state index < -0.39 is 11.7 Å². The summed E-state index contributed by atoms with van der Waals surface area (Å²) in [5.41, 5.74) is 1.70. The fourth-order valence-corrected chi connectivity index (χ4v) is 4.32. The van der Waals surface area contributed by atoms with Crippen molar-refractivity contribution >= 4 is 17.7 Å². The Kier molecular flexibility index (Phi) is 7.20. The Balaban J connectivity index is 1.36. The molecule has 4 aromatic rings. The number of nitrogens with one attached hydrogen (secondary N) is 1. The van der Waals surface area contributed by atoms with Crippen LogP contribution in [0.1, 0.15) is 32.9 Å². The molecule has 10 heteroatoms. The molecule has 0 saturated heterocycles. The van der Waals surface area contributed by atoms with Gasteiger partial charge in [-0.3, -0.25) is 9.36 Å². The molecule has 35 heavy (non-hydrogen) atoms. The van der Waals surface area contributed by atoms with Gasteiger partial charge in [0, 0.05) is 23.5 Å².